The molecule has 0 fully saturated rings. The molecule has 1 aromatic carbocycles. The number of amides is 1. The molecule has 0 aliphatic heterocycles. The van der Waals surface area contributed by atoms with Crippen LogP contribution in [-0.4, -0.2) is 27.6 Å². The predicted octanol–water partition coefficient (Wildman–Crippen LogP) is 5.35. The second-order valence-electron chi connectivity index (χ2n) is 7.81. The standard InChI is InChI=1S/C21H20F3N3O2S2/c1-20(2,3)19(29)25-10-12-8-9-16(31-12)15(28)11-30-18-14-7-5-4-6-13(14)17(26-27-18)21(22,23)24/h4-9H,10-11H2,1-3H3,(H,25,29). The lowest BCUT2D eigenvalue weighted by atomic mass is 9.96. The largest absolute Gasteiger partial charge is 0.435 e. The first-order valence-electron chi connectivity index (χ1n) is 9.32. The van der Waals surface area contributed by atoms with Gasteiger partial charge in [-0.15, -0.1) is 21.5 Å². The van der Waals surface area contributed by atoms with Crippen molar-refractivity contribution in [2.75, 3.05) is 5.75 Å². The summed E-state index contributed by atoms with van der Waals surface area (Å²) >= 11 is 2.33. The molecule has 1 N–H and O–H groups in total. The number of fused-ring (bicyclic) bond motifs is 1. The number of rotatable bonds is 6. The maximum Gasteiger partial charge on any atom is 0.435 e. The first-order chi connectivity index (χ1) is 14.5. The second-order valence-corrected chi connectivity index (χ2v) is 9.94. The van der Waals surface area contributed by atoms with Crippen molar-refractivity contribution in [3.8, 4) is 0 Å². The fourth-order valence-electron chi connectivity index (χ4n) is 2.66. The molecule has 1 amide bonds. The number of aromatic nitrogens is 2. The van der Waals surface area contributed by atoms with Gasteiger partial charge in [0.2, 0.25) is 5.91 Å². The summed E-state index contributed by atoms with van der Waals surface area (Å²) < 4.78 is 39.5. The molecule has 3 aromatic rings. The fourth-order valence-corrected chi connectivity index (χ4v) is 4.49. The zero-order valence-corrected chi connectivity index (χ0v) is 18.7. The van der Waals surface area contributed by atoms with Crippen LogP contribution in [0.25, 0.3) is 10.8 Å². The van der Waals surface area contributed by atoms with E-state index >= 15 is 0 Å². The van der Waals surface area contributed by atoms with Gasteiger partial charge in [0.15, 0.2) is 11.5 Å². The number of carbonyl (C=O) groups is 2. The van der Waals surface area contributed by atoms with Crippen molar-refractivity contribution in [2.45, 2.75) is 38.5 Å². The van der Waals surface area contributed by atoms with Crippen molar-refractivity contribution in [1.29, 1.82) is 0 Å². The average Bonchev–Trinajstić information content (AvgIpc) is 3.17. The van der Waals surface area contributed by atoms with Crippen LogP contribution in [0.2, 0.25) is 0 Å². The Bertz CT molecular complexity index is 1120. The van der Waals surface area contributed by atoms with Gasteiger partial charge in [0, 0.05) is 21.1 Å². The van der Waals surface area contributed by atoms with Crippen LogP contribution < -0.4 is 5.32 Å². The van der Waals surface area contributed by atoms with Crippen molar-refractivity contribution in [1.82, 2.24) is 15.5 Å². The monoisotopic (exact) mass is 467 g/mol. The molecule has 0 unspecified atom stereocenters. The van der Waals surface area contributed by atoms with E-state index in [1.165, 1.54) is 29.5 Å². The van der Waals surface area contributed by atoms with Gasteiger partial charge in [0.05, 0.1) is 17.2 Å². The molecule has 0 atom stereocenters. The fraction of sp³-hybridized carbons (Fsp3) is 0.333. The number of carbonyl (C=O) groups excluding carboxylic acids is 2. The molecule has 3 rings (SSSR count). The number of nitrogens with one attached hydrogen (secondary N) is 1. The summed E-state index contributed by atoms with van der Waals surface area (Å²) in [5, 5.41) is 10.4. The minimum Gasteiger partial charge on any atom is -0.351 e. The maximum atomic E-state index is 13.2. The third-order valence-corrected chi connectivity index (χ3v) is 6.41. The summed E-state index contributed by atoms with van der Waals surface area (Å²) in [6.45, 7) is 5.78. The van der Waals surface area contributed by atoms with Crippen LogP contribution in [0.4, 0.5) is 13.2 Å². The Labute approximate surface area is 185 Å². The van der Waals surface area contributed by atoms with Crippen molar-refractivity contribution in [3.05, 3.63) is 51.8 Å². The molecule has 31 heavy (non-hydrogen) atoms. The van der Waals surface area contributed by atoms with Gasteiger partial charge in [-0.2, -0.15) is 13.2 Å². The van der Waals surface area contributed by atoms with Crippen molar-refractivity contribution in [2.24, 2.45) is 5.41 Å². The van der Waals surface area contributed by atoms with E-state index in [9.17, 15) is 22.8 Å². The van der Waals surface area contributed by atoms with Crippen LogP contribution in [0.1, 0.15) is 41.0 Å². The zero-order chi connectivity index (χ0) is 22.8. The smallest absolute Gasteiger partial charge is 0.351 e. The Balaban J connectivity index is 1.69. The third-order valence-electron chi connectivity index (χ3n) is 4.30. The molecular weight excluding hydrogens is 447 g/mol. The molecule has 0 aliphatic carbocycles. The van der Waals surface area contributed by atoms with Gasteiger partial charge in [-0.25, -0.2) is 0 Å². The number of hydrogen-bond donors (Lipinski definition) is 1. The van der Waals surface area contributed by atoms with Crippen LogP contribution in [-0.2, 0) is 17.5 Å². The number of nitrogens with zero attached hydrogens (tertiary/aromatic N) is 2. The van der Waals surface area contributed by atoms with E-state index in [-0.39, 0.29) is 27.9 Å². The SMILES string of the molecule is CC(C)(C)C(=O)NCc1ccc(C(=O)CSc2nnc(C(F)(F)F)c3ccccc23)s1. The number of ketones is 1. The van der Waals surface area contributed by atoms with E-state index in [1.807, 2.05) is 20.8 Å². The first-order valence-corrected chi connectivity index (χ1v) is 11.1. The number of halogens is 3. The molecule has 2 heterocycles. The summed E-state index contributed by atoms with van der Waals surface area (Å²) in [7, 11) is 0. The molecule has 5 nitrogen and oxygen atoms in total. The van der Waals surface area contributed by atoms with Gasteiger partial charge >= 0.3 is 6.18 Å². The lowest BCUT2D eigenvalue weighted by molar-refractivity contribution is -0.140. The highest BCUT2D eigenvalue weighted by atomic mass is 32.2. The number of thioether (sulfide) groups is 1. The minimum atomic E-state index is -4.61. The molecule has 0 aliphatic rings. The Hall–Kier alpha value is -2.46. The lowest BCUT2D eigenvalue weighted by Crippen LogP contribution is -2.34. The quantitative estimate of drug-likeness (QED) is 0.391. The first kappa shape index (κ1) is 23.2. The van der Waals surface area contributed by atoms with Gasteiger partial charge < -0.3 is 5.32 Å². The van der Waals surface area contributed by atoms with Crippen LogP contribution in [0.5, 0.6) is 0 Å². The van der Waals surface area contributed by atoms with E-state index in [1.54, 1.807) is 18.2 Å². The molecular formula is C21H20F3N3O2S2. The van der Waals surface area contributed by atoms with E-state index in [0.29, 0.717) is 16.8 Å². The van der Waals surface area contributed by atoms with Crippen LogP contribution >= 0.6 is 23.1 Å². The zero-order valence-electron chi connectivity index (χ0n) is 17.0. The number of alkyl halides is 3. The Kier molecular flexibility index (Phi) is 6.70. The van der Waals surface area contributed by atoms with Gasteiger partial charge in [-0.3, -0.25) is 9.59 Å². The summed E-state index contributed by atoms with van der Waals surface area (Å²) in [6.07, 6.45) is -4.61. The van der Waals surface area contributed by atoms with Crippen molar-refractivity contribution >= 4 is 45.6 Å². The normalized spacial score (nSPS) is 12.2. The topological polar surface area (TPSA) is 72.0 Å². The van der Waals surface area contributed by atoms with Gasteiger partial charge in [-0.1, -0.05) is 56.8 Å². The van der Waals surface area contributed by atoms with Gasteiger partial charge in [-0.05, 0) is 12.1 Å². The molecule has 2 aromatic heterocycles. The van der Waals surface area contributed by atoms with Crippen molar-refractivity contribution in [3.63, 3.8) is 0 Å². The maximum absolute atomic E-state index is 13.2. The van der Waals surface area contributed by atoms with Crippen LogP contribution in [0.3, 0.4) is 0 Å². The summed E-state index contributed by atoms with van der Waals surface area (Å²) in [5.41, 5.74) is -1.54. The number of hydrogen-bond acceptors (Lipinski definition) is 6. The highest BCUT2D eigenvalue weighted by Crippen LogP contribution is 2.35. The summed E-state index contributed by atoms with van der Waals surface area (Å²) in [5.74, 6) is -0.246. The van der Waals surface area contributed by atoms with Crippen LogP contribution in [0.15, 0.2) is 41.4 Å². The summed E-state index contributed by atoms with van der Waals surface area (Å²) in [4.78, 5) is 25.9. The van der Waals surface area contributed by atoms with E-state index in [2.05, 4.69) is 15.5 Å². The highest BCUT2D eigenvalue weighted by Gasteiger charge is 2.35. The summed E-state index contributed by atoms with van der Waals surface area (Å²) in [6, 6.07) is 9.46. The second kappa shape index (κ2) is 8.96. The van der Waals surface area contributed by atoms with Gasteiger partial charge in [0.1, 0.15) is 5.03 Å². The Morgan fingerprint density at radius 2 is 1.71 bits per heavy atom. The number of thiophene rings is 1. The molecule has 0 bridgehead atoms. The number of benzene rings is 1. The predicted molar refractivity (Wildman–Crippen MR) is 115 cm³/mol. The van der Waals surface area contributed by atoms with Crippen molar-refractivity contribution < 1.29 is 22.8 Å². The lowest BCUT2D eigenvalue weighted by Gasteiger charge is -2.17. The van der Waals surface area contributed by atoms with Crippen LogP contribution in [0, 0.1) is 5.41 Å². The molecule has 0 saturated carbocycles. The highest BCUT2D eigenvalue weighted by molar-refractivity contribution is 8.00. The Morgan fingerprint density at radius 3 is 2.35 bits per heavy atom. The molecule has 164 valence electrons. The van der Waals surface area contributed by atoms with E-state index < -0.39 is 17.3 Å². The molecule has 0 radical (unpaired) electrons. The van der Waals surface area contributed by atoms with E-state index in [4.69, 9.17) is 0 Å². The molecule has 0 saturated heterocycles. The minimum absolute atomic E-state index is 0.0122. The third kappa shape index (κ3) is 5.62. The molecule has 0 spiro atoms. The molecule has 10 heteroatoms. The number of Topliss-reactive ketones (excluding diaryl/α,β-unsaturated/α-hetero) is 1. The van der Waals surface area contributed by atoms with Gasteiger partial charge in [0.25, 0.3) is 0 Å². The Morgan fingerprint density at radius 1 is 1.03 bits per heavy atom. The average molecular weight is 468 g/mol. The van der Waals surface area contributed by atoms with E-state index in [0.717, 1.165) is 16.6 Å².